The van der Waals surface area contributed by atoms with E-state index in [4.69, 9.17) is 4.74 Å². The number of carbonyl (C=O) groups excluding carboxylic acids is 1. The topological polar surface area (TPSA) is 38.3 Å². The third-order valence-corrected chi connectivity index (χ3v) is 4.92. The van der Waals surface area contributed by atoms with Gasteiger partial charge in [-0.05, 0) is 44.4 Å². The molecule has 4 heteroatoms. The van der Waals surface area contributed by atoms with Crippen LogP contribution in [0.25, 0.3) is 0 Å². The van der Waals surface area contributed by atoms with Gasteiger partial charge in [0.15, 0.2) is 0 Å². The van der Waals surface area contributed by atoms with E-state index in [1.807, 2.05) is 18.7 Å². The van der Waals surface area contributed by atoms with Crippen molar-refractivity contribution >= 4 is 17.7 Å². The fourth-order valence-electron chi connectivity index (χ4n) is 2.51. The highest BCUT2D eigenvalue weighted by Crippen LogP contribution is 2.24. The molecule has 2 rings (SSSR count). The summed E-state index contributed by atoms with van der Waals surface area (Å²) in [6, 6.07) is 8.62. The molecule has 0 radical (unpaired) electrons. The minimum atomic E-state index is -0.589. The third-order valence-electron chi connectivity index (χ3n) is 3.80. The average molecular weight is 307 g/mol. The van der Waals surface area contributed by atoms with Gasteiger partial charge in [-0.3, -0.25) is 4.79 Å². The number of nitrogens with one attached hydrogen (secondary N) is 1. The molecule has 1 aliphatic rings. The summed E-state index contributed by atoms with van der Waals surface area (Å²) < 4.78 is 5.53. The summed E-state index contributed by atoms with van der Waals surface area (Å²) in [6.45, 7) is 5.45. The minimum Gasteiger partial charge on any atom is -0.365 e. The number of hydrogen-bond donors (Lipinski definition) is 1. The maximum atomic E-state index is 12.0. The average Bonchev–Trinajstić information content (AvgIpc) is 2.91. The fraction of sp³-hybridized carbons (Fsp3) is 0.588. The number of hydrogen-bond acceptors (Lipinski definition) is 3. The summed E-state index contributed by atoms with van der Waals surface area (Å²) in [7, 11) is 0. The van der Waals surface area contributed by atoms with Gasteiger partial charge in [0.2, 0.25) is 0 Å². The summed E-state index contributed by atoms with van der Waals surface area (Å²) in [5, 5.41) is 3.00. The Morgan fingerprint density at radius 3 is 3.05 bits per heavy atom. The standard InChI is InChI=1S/C17H25NO2S/c1-14-6-3-7-15(12-14)13-21-11-5-9-18-16(19)17(2)8-4-10-20-17/h3,6-7,12H,4-5,8-11,13H2,1-2H3,(H,18,19)/t17-/m1/s1. The van der Waals surface area contributed by atoms with Crippen molar-refractivity contribution in [1.29, 1.82) is 0 Å². The largest absolute Gasteiger partial charge is 0.365 e. The van der Waals surface area contributed by atoms with Gasteiger partial charge in [-0.2, -0.15) is 11.8 Å². The van der Waals surface area contributed by atoms with Crippen LogP contribution < -0.4 is 5.32 Å². The molecule has 1 aromatic rings. The van der Waals surface area contributed by atoms with Crippen LogP contribution in [0, 0.1) is 6.92 Å². The van der Waals surface area contributed by atoms with Crippen LogP contribution in [-0.2, 0) is 15.3 Å². The van der Waals surface area contributed by atoms with Gasteiger partial charge in [0, 0.05) is 18.9 Å². The number of rotatable bonds is 7. The van der Waals surface area contributed by atoms with Gasteiger partial charge in [-0.1, -0.05) is 29.8 Å². The third kappa shape index (κ3) is 5.04. The van der Waals surface area contributed by atoms with E-state index in [2.05, 4.69) is 36.5 Å². The van der Waals surface area contributed by atoms with Crippen LogP contribution >= 0.6 is 11.8 Å². The molecule has 21 heavy (non-hydrogen) atoms. The number of amides is 1. The van der Waals surface area contributed by atoms with Gasteiger partial charge in [-0.25, -0.2) is 0 Å². The van der Waals surface area contributed by atoms with Gasteiger partial charge in [0.25, 0.3) is 5.91 Å². The van der Waals surface area contributed by atoms with Gasteiger partial charge in [0.05, 0.1) is 0 Å². The van der Waals surface area contributed by atoms with Crippen LogP contribution in [0.5, 0.6) is 0 Å². The maximum absolute atomic E-state index is 12.0. The van der Waals surface area contributed by atoms with E-state index in [-0.39, 0.29) is 5.91 Å². The molecule has 0 unspecified atom stereocenters. The first-order valence-electron chi connectivity index (χ1n) is 7.66. The monoisotopic (exact) mass is 307 g/mol. The Morgan fingerprint density at radius 1 is 1.48 bits per heavy atom. The number of carbonyl (C=O) groups is 1. The Balaban J connectivity index is 1.57. The molecule has 3 nitrogen and oxygen atoms in total. The lowest BCUT2D eigenvalue weighted by Gasteiger charge is -2.21. The zero-order chi connectivity index (χ0) is 15.1. The van der Waals surface area contributed by atoms with E-state index in [9.17, 15) is 4.79 Å². The second-order valence-corrected chi connectivity index (χ2v) is 6.94. The molecule has 1 fully saturated rings. The van der Waals surface area contributed by atoms with E-state index < -0.39 is 5.60 Å². The Morgan fingerprint density at radius 2 is 2.33 bits per heavy atom. The van der Waals surface area contributed by atoms with Crippen LogP contribution in [0.15, 0.2) is 24.3 Å². The van der Waals surface area contributed by atoms with Crippen molar-refractivity contribution < 1.29 is 9.53 Å². The lowest BCUT2D eigenvalue weighted by atomic mass is 10.0. The molecule has 1 amide bonds. The molecule has 1 atom stereocenters. The molecular weight excluding hydrogens is 282 g/mol. The molecule has 1 aliphatic heterocycles. The van der Waals surface area contributed by atoms with Gasteiger partial charge in [0.1, 0.15) is 5.60 Å². The molecule has 1 saturated heterocycles. The highest BCUT2D eigenvalue weighted by molar-refractivity contribution is 7.98. The number of benzene rings is 1. The molecular formula is C17H25NO2S. The van der Waals surface area contributed by atoms with Crippen LogP contribution in [-0.4, -0.2) is 30.4 Å². The molecule has 1 aromatic carbocycles. The van der Waals surface area contributed by atoms with Crippen molar-refractivity contribution in [3.05, 3.63) is 35.4 Å². The predicted octanol–water partition coefficient (Wildman–Crippen LogP) is 3.30. The van der Waals surface area contributed by atoms with Crippen LogP contribution in [0.1, 0.15) is 37.3 Å². The van der Waals surface area contributed by atoms with E-state index in [1.54, 1.807) is 0 Å². The Hall–Kier alpha value is -1.00. The van der Waals surface area contributed by atoms with E-state index in [0.717, 1.165) is 37.3 Å². The first-order valence-corrected chi connectivity index (χ1v) is 8.81. The van der Waals surface area contributed by atoms with Crippen molar-refractivity contribution in [3.63, 3.8) is 0 Å². The van der Waals surface area contributed by atoms with Crippen LogP contribution in [0.3, 0.4) is 0 Å². The molecule has 0 aliphatic carbocycles. The van der Waals surface area contributed by atoms with Crippen molar-refractivity contribution in [1.82, 2.24) is 5.32 Å². The molecule has 0 spiro atoms. The summed E-state index contributed by atoms with van der Waals surface area (Å²) in [5.74, 6) is 2.14. The lowest BCUT2D eigenvalue weighted by molar-refractivity contribution is -0.139. The Kier molecular flexibility index (Phi) is 6.12. The van der Waals surface area contributed by atoms with Gasteiger partial charge in [-0.15, -0.1) is 0 Å². The smallest absolute Gasteiger partial charge is 0.251 e. The molecule has 0 bridgehead atoms. The molecule has 0 aromatic heterocycles. The predicted molar refractivity (Wildman–Crippen MR) is 88.6 cm³/mol. The van der Waals surface area contributed by atoms with Gasteiger partial charge < -0.3 is 10.1 Å². The summed E-state index contributed by atoms with van der Waals surface area (Å²) >= 11 is 1.92. The van der Waals surface area contributed by atoms with Crippen molar-refractivity contribution in [2.24, 2.45) is 0 Å². The number of aryl methyl sites for hydroxylation is 1. The number of thioether (sulfide) groups is 1. The van der Waals surface area contributed by atoms with Crippen LogP contribution in [0.4, 0.5) is 0 Å². The second-order valence-electron chi connectivity index (χ2n) is 5.83. The summed E-state index contributed by atoms with van der Waals surface area (Å²) in [6.07, 6.45) is 2.81. The molecule has 116 valence electrons. The maximum Gasteiger partial charge on any atom is 0.251 e. The van der Waals surface area contributed by atoms with E-state index in [1.165, 1.54) is 11.1 Å². The lowest BCUT2D eigenvalue weighted by Crippen LogP contribution is -2.44. The van der Waals surface area contributed by atoms with Gasteiger partial charge >= 0.3 is 0 Å². The summed E-state index contributed by atoms with van der Waals surface area (Å²) in [4.78, 5) is 12.0. The normalized spacial score (nSPS) is 21.4. The Labute approximate surface area is 131 Å². The first-order chi connectivity index (χ1) is 10.1. The summed E-state index contributed by atoms with van der Waals surface area (Å²) in [5.41, 5.74) is 2.09. The van der Waals surface area contributed by atoms with E-state index >= 15 is 0 Å². The van der Waals surface area contributed by atoms with Crippen LogP contribution in [0.2, 0.25) is 0 Å². The molecule has 1 N–H and O–H groups in total. The molecule has 1 heterocycles. The highest BCUT2D eigenvalue weighted by Gasteiger charge is 2.37. The zero-order valence-corrected chi connectivity index (χ0v) is 13.8. The SMILES string of the molecule is Cc1cccc(CSCCCNC(=O)[C@@]2(C)CCCO2)c1. The highest BCUT2D eigenvalue weighted by atomic mass is 32.2. The van der Waals surface area contributed by atoms with E-state index in [0.29, 0.717) is 6.61 Å². The molecule has 0 saturated carbocycles. The van der Waals surface area contributed by atoms with Crippen molar-refractivity contribution in [2.75, 3.05) is 18.9 Å². The van der Waals surface area contributed by atoms with Crippen molar-refractivity contribution in [3.8, 4) is 0 Å². The fourth-order valence-corrected chi connectivity index (χ4v) is 3.42. The quantitative estimate of drug-likeness (QED) is 0.786. The van der Waals surface area contributed by atoms with Crippen molar-refractivity contribution in [2.45, 2.75) is 44.5 Å². The Bertz CT molecular complexity index is 470. The minimum absolute atomic E-state index is 0.0451. The number of ether oxygens (including phenoxy) is 1. The zero-order valence-electron chi connectivity index (χ0n) is 13.0. The second kappa shape index (κ2) is 7.85. The first kappa shape index (κ1) is 16.4.